The maximum atomic E-state index is 6.05. The maximum absolute atomic E-state index is 6.05. The zero-order valence-electron chi connectivity index (χ0n) is 12.4. The molecule has 1 aromatic rings. The van der Waals surface area contributed by atoms with Crippen LogP contribution >= 0.6 is 27.5 Å². The molecule has 2 nitrogen and oxygen atoms in total. The van der Waals surface area contributed by atoms with Crippen molar-refractivity contribution in [2.24, 2.45) is 11.1 Å². The lowest BCUT2D eigenvalue weighted by molar-refractivity contribution is 0.100. The van der Waals surface area contributed by atoms with Crippen LogP contribution < -0.4 is 5.73 Å². The Labute approximate surface area is 130 Å². The van der Waals surface area contributed by atoms with Crippen LogP contribution in [0.15, 0.2) is 22.7 Å². The molecule has 0 saturated heterocycles. The summed E-state index contributed by atoms with van der Waals surface area (Å²) in [6, 6.07) is 6.65. The molecule has 2 atom stereocenters. The Morgan fingerprint density at radius 1 is 1.37 bits per heavy atom. The molecule has 2 unspecified atom stereocenters. The highest BCUT2D eigenvalue weighted by Gasteiger charge is 2.28. The molecule has 0 fully saturated rings. The Hall–Kier alpha value is -0.0900. The summed E-state index contributed by atoms with van der Waals surface area (Å²) in [5, 5.41) is 0.728. The fraction of sp³-hybridized carbons (Fsp3) is 0.600. The van der Waals surface area contributed by atoms with Crippen LogP contribution in [0.4, 0.5) is 0 Å². The third kappa shape index (κ3) is 4.19. The van der Waals surface area contributed by atoms with Crippen molar-refractivity contribution < 1.29 is 0 Å². The number of hydrogen-bond acceptors (Lipinski definition) is 2. The molecule has 1 rings (SSSR count). The number of nitrogens with zero attached hydrogens (tertiary/aromatic N) is 1. The highest BCUT2D eigenvalue weighted by atomic mass is 79.9. The van der Waals surface area contributed by atoms with Crippen LogP contribution in [-0.4, -0.2) is 24.5 Å². The van der Waals surface area contributed by atoms with E-state index >= 15 is 0 Å². The van der Waals surface area contributed by atoms with E-state index < -0.39 is 0 Å². The molecule has 0 aliphatic rings. The number of halogens is 2. The molecule has 0 amide bonds. The molecule has 0 radical (unpaired) electrons. The standard InChI is InChI=1S/C15H24BrClN2/c1-10(15(2,3)4)19(5)14(9-18)11-6-7-13(17)12(16)8-11/h6-8,10,14H,9,18H2,1-5H3. The summed E-state index contributed by atoms with van der Waals surface area (Å²) in [4.78, 5) is 2.34. The van der Waals surface area contributed by atoms with Gasteiger partial charge < -0.3 is 5.73 Å². The van der Waals surface area contributed by atoms with Gasteiger partial charge in [0.05, 0.1) is 5.02 Å². The quantitative estimate of drug-likeness (QED) is 0.870. The lowest BCUT2D eigenvalue weighted by atomic mass is 9.86. The molecule has 2 N–H and O–H groups in total. The van der Waals surface area contributed by atoms with Gasteiger partial charge in [-0.2, -0.15) is 0 Å². The van der Waals surface area contributed by atoms with Crippen molar-refractivity contribution in [3.8, 4) is 0 Å². The molecule has 108 valence electrons. The van der Waals surface area contributed by atoms with Crippen molar-refractivity contribution in [2.75, 3.05) is 13.6 Å². The minimum Gasteiger partial charge on any atom is -0.329 e. The van der Waals surface area contributed by atoms with Crippen molar-refractivity contribution in [3.05, 3.63) is 33.3 Å². The first-order chi connectivity index (χ1) is 8.68. The highest BCUT2D eigenvalue weighted by Crippen LogP contribution is 2.32. The van der Waals surface area contributed by atoms with Gasteiger partial charge in [0, 0.05) is 23.1 Å². The third-order valence-corrected chi connectivity index (χ3v) is 5.12. The second-order valence-electron chi connectivity index (χ2n) is 6.13. The molecule has 0 spiro atoms. The summed E-state index contributed by atoms with van der Waals surface area (Å²) < 4.78 is 0.918. The number of nitrogens with two attached hydrogens (primary N) is 1. The van der Waals surface area contributed by atoms with E-state index in [2.05, 4.69) is 67.7 Å². The van der Waals surface area contributed by atoms with E-state index in [9.17, 15) is 0 Å². The lowest BCUT2D eigenvalue weighted by Crippen LogP contribution is -2.43. The van der Waals surface area contributed by atoms with Gasteiger partial charge in [0.2, 0.25) is 0 Å². The van der Waals surface area contributed by atoms with E-state index in [1.54, 1.807) is 0 Å². The van der Waals surface area contributed by atoms with Crippen LogP contribution in [0.1, 0.15) is 39.3 Å². The van der Waals surface area contributed by atoms with Crippen LogP contribution in [0.5, 0.6) is 0 Å². The van der Waals surface area contributed by atoms with Crippen LogP contribution in [0, 0.1) is 5.41 Å². The Bertz CT molecular complexity index is 429. The molecule has 0 aromatic heterocycles. The monoisotopic (exact) mass is 346 g/mol. The van der Waals surface area contributed by atoms with E-state index in [1.165, 1.54) is 5.56 Å². The summed E-state index contributed by atoms with van der Waals surface area (Å²) in [6.45, 7) is 9.58. The normalized spacial score (nSPS) is 15.6. The van der Waals surface area contributed by atoms with E-state index in [1.807, 2.05) is 6.07 Å². The predicted octanol–water partition coefficient (Wildman–Crippen LogP) is 4.47. The Morgan fingerprint density at radius 2 is 1.95 bits per heavy atom. The van der Waals surface area contributed by atoms with E-state index in [4.69, 9.17) is 17.3 Å². The smallest absolute Gasteiger partial charge is 0.0548 e. The number of hydrogen-bond donors (Lipinski definition) is 1. The predicted molar refractivity (Wildman–Crippen MR) is 87.6 cm³/mol. The van der Waals surface area contributed by atoms with Gasteiger partial charge in [-0.15, -0.1) is 0 Å². The highest BCUT2D eigenvalue weighted by molar-refractivity contribution is 9.10. The van der Waals surface area contributed by atoms with Crippen molar-refractivity contribution in [2.45, 2.75) is 39.8 Å². The van der Waals surface area contributed by atoms with Crippen LogP contribution in [0.2, 0.25) is 5.02 Å². The third-order valence-electron chi connectivity index (χ3n) is 3.91. The minimum atomic E-state index is 0.197. The van der Waals surface area contributed by atoms with Gasteiger partial charge in [0.15, 0.2) is 0 Å². The zero-order valence-corrected chi connectivity index (χ0v) is 14.7. The topological polar surface area (TPSA) is 29.3 Å². The van der Waals surface area contributed by atoms with Gasteiger partial charge >= 0.3 is 0 Å². The van der Waals surface area contributed by atoms with Crippen LogP contribution in [-0.2, 0) is 0 Å². The van der Waals surface area contributed by atoms with Crippen LogP contribution in [0.25, 0.3) is 0 Å². The first-order valence-electron chi connectivity index (χ1n) is 6.55. The van der Waals surface area contributed by atoms with Crippen molar-refractivity contribution in [1.82, 2.24) is 4.90 Å². The van der Waals surface area contributed by atoms with Gasteiger partial charge in [-0.25, -0.2) is 0 Å². The first kappa shape index (κ1) is 17.0. The van der Waals surface area contributed by atoms with E-state index in [0.717, 1.165) is 9.50 Å². The lowest BCUT2D eigenvalue weighted by Gasteiger charge is -2.40. The SMILES string of the molecule is CC(N(C)C(CN)c1ccc(Cl)c(Br)c1)C(C)(C)C. The molecule has 0 aliphatic heterocycles. The molecular formula is C15H24BrClN2. The number of benzene rings is 1. The summed E-state index contributed by atoms with van der Waals surface area (Å²) in [5.41, 5.74) is 7.39. The summed E-state index contributed by atoms with van der Waals surface area (Å²) >= 11 is 9.53. The second kappa shape index (κ2) is 6.57. The summed E-state index contributed by atoms with van der Waals surface area (Å²) in [5.74, 6) is 0. The summed E-state index contributed by atoms with van der Waals surface area (Å²) in [6.07, 6.45) is 0. The minimum absolute atomic E-state index is 0.197. The Balaban J connectivity index is 3.03. The zero-order chi connectivity index (χ0) is 14.8. The van der Waals surface area contributed by atoms with Gasteiger partial charge in [0.1, 0.15) is 0 Å². The molecule has 0 bridgehead atoms. The van der Waals surface area contributed by atoms with E-state index in [-0.39, 0.29) is 11.5 Å². The van der Waals surface area contributed by atoms with Crippen molar-refractivity contribution >= 4 is 27.5 Å². The first-order valence-corrected chi connectivity index (χ1v) is 7.72. The van der Waals surface area contributed by atoms with Crippen LogP contribution in [0.3, 0.4) is 0 Å². The molecular weight excluding hydrogens is 324 g/mol. The van der Waals surface area contributed by atoms with Gasteiger partial charge in [-0.3, -0.25) is 4.90 Å². The number of likely N-dealkylation sites (N-methyl/N-ethyl adjacent to an activating group) is 1. The molecule has 0 saturated carbocycles. The average molecular weight is 348 g/mol. The molecule has 19 heavy (non-hydrogen) atoms. The fourth-order valence-corrected chi connectivity index (χ4v) is 2.65. The van der Waals surface area contributed by atoms with Gasteiger partial charge in [0.25, 0.3) is 0 Å². The van der Waals surface area contributed by atoms with Crippen molar-refractivity contribution in [3.63, 3.8) is 0 Å². The van der Waals surface area contributed by atoms with Gasteiger partial charge in [-0.05, 0) is 53.0 Å². The molecule has 0 aliphatic carbocycles. The van der Waals surface area contributed by atoms with Gasteiger partial charge in [-0.1, -0.05) is 38.4 Å². The molecule has 0 heterocycles. The Kier molecular flexibility index (Phi) is 5.87. The Morgan fingerprint density at radius 3 is 2.37 bits per heavy atom. The van der Waals surface area contributed by atoms with Crippen molar-refractivity contribution in [1.29, 1.82) is 0 Å². The fourth-order valence-electron chi connectivity index (χ4n) is 2.14. The van der Waals surface area contributed by atoms with E-state index in [0.29, 0.717) is 12.6 Å². The number of rotatable bonds is 4. The largest absolute Gasteiger partial charge is 0.329 e. The summed E-state index contributed by atoms with van der Waals surface area (Å²) in [7, 11) is 2.13. The molecule has 1 aromatic carbocycles. The maximum Gasteiger partial charge on any atom is 0.0548 e. The average Bonchev–Trinajstić information content (AvgIpc) is 2.32. The second-order valence-corrected chi connectivity index (χ2v) is 7.39. The molecule has 4 heteroatoms.